The van der Waals surface area contributed by atoms with Crippen LogP contribution in [0.4, 0.5) is 11.4 Å². The molecule has 0 radical (unpaired) electrons. The summed E-state index contributed by atoms with van der Waals surface area (Å²) in [7, 11) is -3.87. The minimum absolute atomic E-state index is 0.0197. The zero-order valence-corrected chi connectivity index (χ0v) is 18.5. The van der Waals surface area contributed by atoms with Gasteiger partial charge in [-0.25, -0.2) is 8.42 Å². The lowest BCUT2D eigenvalue weighted by atomic mass is 10.1. The molecular formula is C24H20ClN3O3S. The fourth-order valence-electron chi connectivity index (χ4n) is 3.17. The van der Waals surface area contributed by atoms with Gasteiger partial charge in [-0.2, -0.15) is 0 Å². The van der Waals surface area contributed by atoms with Crippen molar-refractivity contribution in [1.82, 2.24) is 4.57 Å². The number of carbonyl (C=O) groups excluding carboxylic acids is 1. The molecule has 1 heterocycles. The van der Waals surface area contributed by atoms with E-state index in [0.717, 1.165) is 11.3 Å². The van der Waals surface area contributed by atoms with Crippen LogP contribution in [0, 0.1) is 0 Å². The van der Waals surface area contributed by atoms with Crippen molar-refractivity contribution in [1.29, 1.82) is 0 Å². The Morgan fingerprint density at radius 3 is 2.31 bits per heavy atom. The standard InChI is InChI=1S/C24H20ClN3O3S/c25-22-8-1-2-9-23(22)27-32(30,31)21-7-5-6-19(17-21)26-24(29)16-18-10-12-20(13-11-18)28-14-3-4-15-28/h1-15,17,27H,16H2,(H,26,29). The molecular weight excluding hydrogens is 446 g/mol. The third-order valence-electron chi connectivity index (χ3n) is 4.75. The van der Waals surface area contributed by atoms with Crippen LogP contribution in [0.3, 0.4) is 0 Å². The molecule has 0 aliphatic heterocycles. The number of amides is 1. The van der Waals surface area contributed by atoms with Gasteiger partial charge in [-0.05, 0) is 60.2 Å². The normalized spacial score (nSPS) is 11.2. The summed E-state index contributed by atoms with van der Waals surface area (Å²) in [6.45, 7) is 0. The van der Waals surface area contributed by atoms with Gasteiger partial charge in [-0.15, -0.1) is 0 Å². The van der Waals surface area contributed by atoms with E-state index in [0.29, 0.717) is 10.7 Å². The molecule has 0 aliphatic carbocycles. The number of rotatable bonds is 7. The first-order valence-electron chi connectivity index (χ1n) is 9.80. The molecule has 162 valence electrons. The molecule has 3 aromatic carbocycles. The van der Waals surface area contributed by atoms with Crippen LogP contribution in [-0.2, 0) is 21.2 Å². The Bertz CT molecular complexity index is 1340. The van der Waals surface area contributed by atoms with Crippen molar-refractivity contribution >= 4 is 38.9 Å². The fraction of sp³-hybridized carbons (Fsp3) is 0.0417. The molecule has 0 atom stereocenters. The highest BCUT2D eigenvalue weighted by Crippen LogP contribution is 2.25. The van der Waals surface area contributed by atoms with Gasteiger partial charge in [0.25, 0.3) is 10.0 Å². The number of hydrogen-bond acceptors (Lipinski definition) is 3. The van der Waals surface area contributed by atoms with Crippen LogP contribution < -0.4 is 10.0 Å². The van der Waals surface area contributed by atoms with Crippen molar-refractivity contribution in [3.05, 3.63) is 108 Å². The number of halogens is 1. The Kier molecular flexibility index (Phi) is 6.30. The van der Waals surface area contributed by atoms with E-state index in [1.807, 2.05) is 53.4 Å². The Morgan fingerprint density at radius 1 is 0.875 bits per heavy atom. The second kappa shape index (κ2) is 9.30. The van der Waals surface area contributed by atoms with E-state index in [1.54, 1.807) is 36.4 Å². The second-order valence-corrected chi connectivity index (χ2v) is 9.18. The van der Waals surface area contributed by atoms with E-state index in [9.17, 15) is 13.2 Å². The second-order valence-electron chi connectivity index (χ2n) is 7.09. The number of para-hydroxylation sites is 1. The molecule has 0 bridgehead atoms. The van der Waals surface area contributed by atoms with E-state index in [-0.39, 0.29) is 22.9 Å². The summed E-state index contributed by atoms with van der Waals surface area (Å²) >= 11 is 6.05. The number of nitrogens with one attached hydrogen (secondary N) is 2. The number of hydrogen-bond donors (Lipinski definition) is 2. The Labute approximate surface area is 191 Å². The summed E-state index contributed by atoms with van der Waals surface area (Å²) in [4.78, 5) is 12.5. The van der Waals surface area contributed by atoms with E-state index in [4.69, 9.17) is 11.6 Å². The third kappa shape index (κ3) is 5.19. The molecule has 1 amide bonds. The monoisotopic (exact) mass is 465 g/mol. The van der Waals surface area contributed by atoms with Crippen molar-refractivity contribution < 1.29 is 13.2 Å². The molecule has 0 saturated heterocycles. The summed E-state index contributed by atoms with van der Waals surface area (Å²) in [6, 6.07) is 24.2. The van der Waals surface area contributed by atoms with Crippen molar-refractivity contribution in [3.8, 4) is 5.69 Å². The van der Waals surface area contributed by atoms with Gasteiger partial charge in [-0.1, -0.05) is 41.9 Å². The molecule has 0 saturated carbocycles. The molecule has 0 spiro atoms. The lowest BCUT2D eigenvalue weighted by molar-refractivity contribution is -0.115. The molecule has 0 aliphatic rings. The van der Waals surface area contributed by atoms with Gasteiger partial charge in [0.15, 0.2) is 0 Å². The highest BCUT2D eigenvalue weighted by Gasteiger charge is 2.16. The molecule has 8 heteroatoms. The average Bonchev–Trinajstić information content (AvgIpc) is 3.31. The topological polar surface area (TPSA) is 80.2 Å². The van der Waals surface area contributed by atoms with E-state index in [1.165, 1.54) is 12.1 Å². The Hall–Kier alpha value is -3.55. The van der Waals surface area contributed by atoms with Gasteiger partial charge in [0.1, 0.15) is 0 Å². The van der Waals surface area contributed by atoms with Gasteiger partial charge in [0.2, 0.25) is 5.91 Å². The first-order chi connectivity index (χ1) is 15.4. The number of sulfonamides is 1. The maximum absolute atomic E-state index is 12.7. The number of benzene rings is 3. The van der Waals surface area contributed by atoms with Crippen molar-refractivity contribution in [2.45, 2.75) is 11.3 Å². The van der Waals surface area contributed by atoms with Gasteiger partial charge >= 0.3 is 0 Å². The van der Waals surface area contributed by atoms with E-state index in [2.05, 4.69) is 10.0 Å². The Morgan fingerprint density at radius 2 is 1.59 bits per heavy atom. The molecule has 0 fully saturated rings. The van der Waals surface area contributed by atoms with Gasteiger partial charge in [0, 0.05) is 23.8 Å². The Balaban J connectivity index is 1.43. The summed E-state index contributed by atoms with van der Waals surface area (Å²) in [6.07, 6.45) is 4.06. The summed E-state index contributed by atoms with van der Waals surface area (Å²) < 4.78 is 29.9. The maximum Gasteiger partial charge on any atom is 0.262 e. The predicted octanol–water partition coefficient (Wildman–Crippen LogP) is 5.11. The number of anilines is 2. The molecule has 4 aromatic rings. The van der Waals surface area contributed by atoms with Crippen LogP contribution >= 0.6 is 11.6 Å². The van der Waals surface area contributed by atoms with Gasteiger partial charge in [-0.3, -0.25) is 9.52 Å². The minimum atomic E-state index is -3.87. The minimum Gasteiger partial charge on any atom is -0.326 e. The zero-order chi connectivity index (χ0) is 22.6. The highest BCUT2D eigenvalue weighted by molar-refractivity contribution is 7.92. The van der Waals surface area contributed by atoms with Gasteiger partial charge in [0.05, 0.1) is 22.0 Å². The molecule has 2 N–H and O–H groups in total. The smallest absolute Gasteiger partial charge is 0.262 e. The van der Waals surface area contributed by atoms with Crippen LogP contribution in [0.15, 0.2) is 102 Å². The first kappa shape index (κ1) is 21.7. The summed E-state index contributed by atoms with van der Waals surface area (Å²) in [5, 5.41) is 3.05. The van der Waals surface area contributed by atoms with E-state index < -0.39 is 10.0 Å². The van der Waals surface area contributed by atoms with Crippen molar-refractivity contribution in [3.63, 3.8) is 0 Å². The lowest BCUT2D eigenvalue weighted by Gasteiger charge is -2.11. The largest absolute Gasteiger partial charge is 0.326 e. The molecule has 0 unspecified atom stereocenters. The van der Waals surface area contributed by atoms with Crippen LogP contribution in [0.25, 0.3) is 5.69 Å². The van der Waals surface area contributed by atoms with Crippen LogP contribution in [0.5, 0.6) is 0 Å². The third-order valence-corrected chi connectivity index (χ3v) is 6.44. The maximum atomic E-state index is 12.7. The number of aromatic nitrogens is 1. The molecule has 32 heavy (non-hydrogen) atoms. The lowest BCUT2D eigenvalue weighted by Crippen LogP contribution is -2.16. The van der Waals surface area contributed by atoms with Crippen LogP contribution in [-0.4, -0.2) is 18.9 Å². The van der Waals surface area contributed by atoms with Crippen molar-refractivity contribution in [2.75, 3.05) is 10.0 Å². The first-order valence-corrected chi connectivity index (χ1v) is 11.7. The quantitative estimate of drug-likeness (QED) is 0.398. The van der Waals surface area contributed by atoms with Crippen molar-refractivity contribution in [2.24, 2.45) is 0 Å². The fourth-order valence-corrected chi connectivity index (χ4v) is 4.54. The zero-order valence-electron chi connectivity index (χ0n) is 16.9. The average molecular weight is 466 g/mol. The number of carbonyl (C=O) groups is 1. The predicted molar refractivity (Wildman–Crippen MR) is 127 cm³/mol. The molecule has 6 nitrogen and oxygen atoms in total. The summed E-state index contributed by atoms with van der Waals surface area (Å²) in [5.74, 6) is -0.243. The highest BCUT2D eigenvalue weighted by atomic mass is 35.5. The molecule has 1 aromatic heterocycles. The van der Waals surface area contributed by atoms with Crippen LogP contribution in [0.2, 0.25) is 5.02 Å². The van der Waals surface area contributed by atoms with Crippen LogP contribution in [0.1, 0.15) is 5.56 Å². The summed E-state index contributed by atoms with van der Waals surface area (Å²) in [5.41, 5.74) is 2.53. The van der Waals surface area contributed by atoms with Gasteiger partial charge < -0.3 is 9.88 Å². The number of nitrogens with zero attached hydrogens (tertiary/aromatic N) is 1. The van der Waals surface area contributed by atoms with E-state index >= 15 is 0 Å². The SMILES string of the molecule is O=C(Cc1ccc(-n2cccc2)cc1)Nc1cccc(S(=O)(=O)Nc2ccccc2Cl)c1. The molecule has 4 rings (SSSR count).